The molecule has 0 atom stereocenters. The Morgan fingerprint density at radius 1 is 1.08 bits per heavy atom. The van der Waals surface area contributed by atoms with E-state index < -0.39 is 11.8 Å². The van der Waals surface area contributed by atoms with E-state index >= 15 is 0 Å². The minimum atomic E-state index is -0.585. The Hall–Kier alpha value is -2.62. The minimum absolute atomic E-state index is 0.498. The van der Waals surface area contributed by atoms with Gasteiger partial charge in [-0.1, -0.05) is 43.7 Å². The Morgan fingerprint density at radius 3 is 2.60 bits per heavy atom. The SMILES string of the molecule is CCCCc1ccc(NC(=O)C(=O)N2CCCc3ccccc32)cc1. The van der Waals surface area contributed by atoms with Crippen molar-refractivity contribution >= 4 is 23.2 Å². The molecule has 2 aromatic carbocycles. The largest absolute Gasteiger partial charge is 0.318 e. The lowest BCUT2D eigenvalue weighted by Gasteiger charge is -2.28. The van der Waals surface area contributed by atoms with Gasteiger partial charge < -0.3 is 10.2 Å². The van der Waals surface area contributed by atoms with Gasteiger partial charge in [-0.25, -0.2) is 0 Å². The number of rotatable bonds is 4. The van der Waals surface area contributed by atoms with E-state index in [4.69, 9.17) is 0 Å². The molecule has 0 radical (unpaired) electrons. The van der Waals surface area contributed by atoms with Crippen molar-refractivity contribution in [3.8, 4) is 0 Å². The molecule has 1 aliphatic rings. The molecule has 0 fully saturated rings. The highest BCUT2D eigenvalue weighted by Crippen LogP contribution is 2.26. The summed E-state index contributed by atoms with van der Waals surface area (Å²) in [5, 5.41) is 2.72. The fourth-order valence-corrected chi connectivity index (χ4v) is 3.19. The van der Waals surface area contributed by atoms with Gasteiger partial charge >= 0.3 is 11.8 Å². The van der Waals surface area contributed by atoms with Crippen LogP contribution in [0.5, 0.6) is 0 Å². The second-order valence-electron chi connectivity index (χ2n) is 6.44. The van der Waals surface area contributed by atoms with Gasteiger partial charge in [0.05, 0.1) is 0 Å². The Bertz CT molecular complexity index is 753. The molecule has 2 amide bonds. The molecule has 1 N–H and O–H groups in total. The first-order valence-corrected chi connectivity index (χ1v) is 8.98. The Balaban J connectivity index is 1.66. The number of hydrogen-bond donors (Lipinski definition) is 1. The van der Waals surface area contributed by atoms with Gasteiger partial charge in [0.2, 0.25) is 0 Å². The molecule has 0 aliphatic carbocycles. The highest BCUT2D eigenvalue weighted by atomic mass is 16.2. The van der Waals surface area contributed by atoms with Crippen LogP contribution in [0.1, 0.15) is 37.3 Å². The van der Waals surface area contributed by atoms with Gasteiger partial charge in [0.15, 0.2) is 0 Å². The first-order chi connectivity index (χ1) is 12.2. The summed E-state index contributed by atoms with van der Waals surface area (Å²) in [5.41, 5.74) is 3.87. The third-order valence-corrected chi connectivity index (χ3v) is 4.58. The highest BCUT2D eigenvalue weighted by molar-refractivity contribution is 6.44. The first-order valence-electron chi connectivity index (χ1n) is 8.98. The summed E-state index contributed by atoms with van der Waals surface area (Å²) in [4.78, 5) is 26.6. The van der Waals surface area contributed by atoms with Crippen LogP contribution < -0.4 is 10.2 Å². The zero-order valence-electron chi connectivity index (χ0n) is 14.6. The lowest BCUT2D eigenvalue weighted by molar-refractivity contribution is -0.134. The van der Waals surface area contributed by atoms with E-state index in [1.165, 1.54) is 5.56 Å². The van der Waals surface area contributed by atoms with Gasteiger partial charge in [-0.3, -0.25) is 9.59 Å². The zero-order valence-corrected chi connectivity index (χ0v) is 14.6. The van der Waals surface area contributed by atoms with Crippen LogP contribution in [-0.2, 0) is 22.4 Å². The van der Waals surface area contributed by atoms with E-state index in [1.807, 2.05) is 48.5 Å². The zero-order chi connectivity index (χ0) is 17.6. The summed E-state index contributed by atoms with van der Waals surface area (Å²) in [7, 11) is 0. The maximum atomic E-state index is 12.6. The topological polar surface area (TPSA) is 49.4 Å². The molecule has 1 heterocycles. The predicted octanol–water partition coefficient (Wildman–Crippen LogP) is 3.95. The fraction of sp³-hybridized carbons (Fsp3) is 0.333. The quantitative estimate of drug-likeness (QED) is 0.860. The van der Waals surface area contributed by atoms with Crippen molar-refractivity contribution in [1.82, 2.24) is 0 Å². The maximum Gasteiger partial charge on any atom is 0.316 e. The van der Waals surface area contributed by atoms with Crippen LogP contribution in [0.2, 0.25) is 0 Å². The number of fused-ring (bicyclic) bond motifs is 1. The Morgan fingerprint density at radius 2 is 1.84 bits per heavy atom. The molecule has 4 nitrogen and oxygen atoms in total. The number of anilines is 2. The molecule has 3 rings (SSSR count). The summed E-state index contributed by atoms with van der Waals surface area (Å²) in [6, 6.07) is 15.5. The number of amides is 2. The number of para-hydroxylation sites is 1. The summed E-state index contributed by atoms with van der Waals surface area (Å²) in [6.45, 7) is 2.75. The van der Waals surface area contributed by atoms with Crippen molar-refractivity contribution in [2.75, 3.05) is 16.8 Å². The number of unbranched alkanes of at least 4 members (excludes halogenated alkanes) is 1. The first kappa shape index (κ1) is 17.2. The van der Waals surface area contributed by atoms with Crippen LogP contribution in [-0.4, -0.2) is 18.4 Å². The fourth-order valence-electron chi connectivity index (χ4n) is 3.19. The lowest BCUT2D eigenvalue weighted by Crippen LogP contribution is -2.42. The van der Waals surface area contributed by atoms with E-state index in [0.717, 1.165) is 43.4 Å². The van der Waals surface area contributed by atoms with Crippen molar-refractivity contribution in [3.63, 3.8) is 0 Å². The number of hydrogen-bond acceptors (Lipinski definition) is 2. The average molecular weight is 336 g/mol. The number of nitrogens with zero attached hydrogens (tertiary/aromatic N) is 1. The molecule has 4 heteroatoms. The monoisotopic (exact) mass is 336 g/mol. The number of benzene rings is 2. The molecule has 130 valence electrons. The summed E-state index contributed by atoms with van der Waals surface area (Å²) in [5.74, 6) is -1.08. The van der Waals surface area contributed by atoms with Crippen LogP contribution in [0.15, 0.2) is 48.5 Å². The molecule has 2 aromatic rings. The van der Waals surface area contributed by atoms with Crippen LogP contribution in [0.25, 0.3) is 0 Å². The third kappa shape index (κ3) is 4.08. The molecular formula is C21H24N2O2. The number of carbonyl (C=O) groups excluding carboxylic acids is 2. The van der Waals surface area contributed by atoms with Crippen molar-refractivity contribution in [3.05, 3.63) is 59.7 Å². The van der Waals surface area contributed by atoms with Crippen LogP contribution in [0.4, 0.5) is 11.4 Å². The van der Waals surface area contributed by atoms with Gasteiger partial charge in [-0.2, -0.15) is 0 Å². The second kappa shape index (κ2) is 7.97. The van der Waals surface area contributed by atoms with Gasteiger partial charge in [0, 0.05) is 17.9 Å². The van der Waals surface area contributed by atoms with Gasteiger partial charge in [-0.05, 0) is 55.0 Å². The van der Waals surface area contributed by atoms with E-state index in [1.54, 1.807) is 4.90 Å². The van der Waals surface area contributed by atoms with E-state index in [9.17, 15) is 9.59 Å². The molecule has 0 bridgehead atoms. The molecule has 25 heavy (non-hydrogen) atoms. The average Bonchev–Trinajstić information content (AvgIpc) is 2.66. The summed E-state index contributed by atoms with van der Waals surface area (Å²) >= 11 is 0. The number of nitrogens with one attached hydrogen (secondary N) is 1. The lowest BCUT2D eigenvalue weighted by atomic mass is 10.0. The number of carbonyl (C=O) groups is 2. The van der Waals surface area contributed by atoms with E-state index in [0.29, 0.717) is 12.2 Å². The van der Waals surface area contributed by atoms with E-state index in [-0.39, 0.29) is 0 Å². The molecule has 1 aliphatic heterocycles. The summed E-state index contributed by atoms with van der Waals surface area (Å²) < 4.78 is 0. The number of aryl methyl sites for hydroxylation is 2. The highest BCUT2D eigenvalue weighted by Gasteiger charge is 2.27. The normalized spacial score (nSPS) is 13.2. The molecule has 0 aromatic heterocycles. The third-order valence-electron chi connectivity index (χ3n) is 4.58. The second-order valence-corrected chi connectivity index (χ2v) is 6.44. The van der Waals surface area contributed by atoms with E-state index in [2.05, 4.69) is 12.2 Å². The van der Waals surface area contributed by atoms with Gasteiger partial charge in [0.1, 0.15) is 0 Å². The maximum absolute atomic E-state index is 12.6. The van der Waals surface area contributed by atoms with Crippen molar-refractivity contribution < 1.29 is 9.59 Å². The summed E-state index contributed by atoms with van der Waals surface area (Å²) in [6.07, 6.45) is 5.17. The molecule has 0 spiro atoms. The van der Waals surface area contributed by atoms with Crippen molar-refractivity contribution in [2.45, 2.75) is 39.0 Å². The van der Waals surface area contributed by atoms with Crippen LogP contribution in [0, 0.1) is 0 Å². The van der Waals surface area contributed by atoms with Crippen molar-refractivity contribution in [2.24, 2.45) is 0 Å². The van der Waals surface area contributed by atoms with Crippen LogP contribution >= 0.6 is 0 Å². The van der Waals surface area contributed by atoms with Gasteiger partial charge in [0.25, 0.3) is 0 Å². The molecular weight excluding hydrogens is 312 g/mol. The van der Waals surface area contributed by atoms with Gasteiger partial charge in [-0.15, -0.1) is 0 Å². The molecule has 0 unspecified atom stereocenters. The smallest absolute Gasteiger partial charge is 0.316 e. The molecule has 0 saturated carbocycles. The van der Waals surface area contributed by atoms with Crippen molar-refractivity contribution in [1.29, 1.82) is 0 Å². The predicted molar refractivity (Wildman–Crippen MR) is 101 cm³/mol. The molecule has 0 saturated heterocycles. The Labute approximate surface area is 148 Å². The Kier molecular flexibility index (Phi) is 5.49. The standard InChI is InChI=1S/C21H24N2O2/c1-2-3-7-16-11-13-18(14-12-16)22-20(24)21(25)23-15-6-9-17-8-4-5-10-19(17)23/h4-5,8,10-14H,2-3,6-7,9,15H2,1H3,(H,22,24). The van der Waals surface area contributed by atoms with Crippen LogP contribution in [0.3, 0.4) is 0 Å². The minimum Gasteiger partial charge on any atom is -0.318 e.